The zero-order chi connectivity index (χ0) is 14.2. The van der Waals surface area contributed by atoms with Crippen molar-refractivity contribution in [3.8, 4) is 11.1 Å². The number of aryl methyl sites for hydroxylation is 1. The first-order chi connectivity index (χ1) is 8.80. The molecule has 0 aliphatic rings. The number of nitrogens with zero attached hydrogens (tertiary/aromatic N) is 1. The van der Waals surface area contributed by atoms with Crippen LogP contribution in [0.2, 0.25) is 0 Å². The van der Waals surface area contributed by atoms with Crippen LogP contribution in [0.25, 0.3) is 11.1 Å². The lowest BCUT2D eigenvalue weighted by Gasteiger charge is -2.11. The van der Waals surface area contributed by atoms with Crippen LogP contribution in [0.3, 0.4) is 0 Å². The van der Waals surface area contributed by atoms with Crippen molar-refractivity contribution >= 4 is 10.2 Å². The molecule has 0 atom stereocenters. The molecule has 2 rings (SSSR count). The van der Waals surface area contributed by atoms with Gasteiger partial charge in [-0.3, -0.25) is 0 Å². The maximum atomic E-state index is 11.4. The number of aliphatic hydroxyl groups excluding tert-OH is 1. The third kappa shape index (κ3) is 2.69. The summed E-state index contributed by atoms with van der Waals surface area (Å²) in [6.07, 6.45) is -0.746. The molecule has 1 aromatic heterocycles. The fourth-order valence-corrected chi connectivity index (χ4v) is 2.58. The van der Waals surface area contributed by atoms with E-state index in [-0.39, 0.29) is 5.69 Å². The lowest BCUT2D eigenvalue weighted by atomic mass is 10.0. The highest BCUT2D eigenvalue weighted by Gasteiger charge is 2.21. The summed E-state index contributed by atoms with van der Waals surface area (Å²) in [5.74, 6) is 0. The van der Waals surface area contributed by atoms with Gasteiger partial charge in [0.1, 0.15) is 0 Å². The second kappa shape index (κ2) is 4.78. The third-order valence-corrected chi connectivity index (χ3v) is 3.64. The van der Waals surface area contributed by atoms with Crippen molar-refractivity contribution in [3.63, 3.8) is 0 Å². The first-order valence-electron chi connectivity index (χ1n) is 5.48. The minimum Gasteiger partial charge on any atom is -0.363 e. The highest BCUT2D eigenvalue weighted by molar-refractivity contribution is 7.87. The average Bonchev–Trinajstić information content (AvgIpc) is 2.74. The van der Waals surface area contributed by atoms with Crippen LogP contribution in [-0.4, -0.2) is 22.6 Å². The number of hydrogen-bond donors (Lipinski definition) is 3. The first-order valence-corrected chi connectivity index (χ1v) is 6.99. The quantitative estimate of drug-likeness (QED) is 0.713. The van der Waals surface area contributed by atoms with Crippen molar-refractivity contribution in [2.75, 3.05) is 0 Å². The van der Waals surface area contributed by atoms with Crippen LogP contribution in [0, 0.1) is 6.92 Å². The highest BCUT2D eigenvalue weighted by Crippen LogP contribution is 2.29. The monoisotopic (exact) mass is 282 g/mol. The number of rotatable bonds is 3. The van der Waals surface area contributed by atoms with Gasteiger partial charge in [-0.2, -0.15) is 8.42 Å². The number of benzene rings is 1. The van der Waals surface area contributed by atoms with E-state index in [0.29, 0.717) is 15.1 Å². The second-order valence-corrected chi connectivity index (χ2v) is 5.62. The molecule has 0 unspecified atom stereocenters. The molecule has 2 aromatic rings. The Balaban J connectivity index is 2.65. The topological polar surface area (TPSA) is 106 Å². The summed E-state index contributed by atoms with van der Waals surface area (Å²) in [4.78, 5) is 0. The molecular formula is C12H14N2O4S. The van der Waals surface area contributed by atoms with Gasteiger partial charge in [0.15, 0.2) is 6.29 Å². The van der Waals surface area contributed by atoms with E-state index in [9.17, 15) is 18.6 Å². The van der Waals surface area contributed by atoms with E-state index in [1.165, 1.54) is 12.3 Å². The zero-order valence-corrected chi connectivity index (χ0v) is 11.0. The summed E-state index contributed by atoms with van der Waals surface area (Å²) in [7, 11) is -4.08. The molecule has 19 heavy (non-hydrogen) atoms. The fraction of sp³-hybridized carbons (Fsp3) is 0.167. The minimum absolute atomic E-state index is 0.175. The van der Waals surface area contributed by atoms with Gasteiger partial charge >= 0.3 is 10.2 Å². The van der Waals surface area contributed by atoms with Gasteiger partial charge in [-0.1, -0.05) is 29.8 Å². The molecule has 0 saturated carbocycles. The third-order valence-electron chi connectivity index (χ3n) is 2.77. The van der Waals surface area contributed by atoms with E-state index >= 15 is 0 Å². The van der Waals surface area contributed by atoms with Crippen LogP contribution in [0.5, 0.6) is 0 Å². The number of aliphatic hydroxyl groups is 2. The molecule has 0 aliphatic heterocycles. The Morgan fingerprint density at radius 1 is 1.16 bits per heavy atom. The molecule has 0 radical (unpaired) electrons. The van der Waals surface area contributed by atoms with E-state index in [1.807, 2.05) is 19.1 Å². The molecule has 0 bridgehead atoms. The maximum absolute atomic E-state index is 11.4. The maximum Gasteiger partial charge on any atom is 0.302 e. The molecule has 1 aromatic carbocycles. The molecule has 102 valence electrons. The van der Waals surface area contributed by atoms with Gasteiger partial charge in [0.05, 0.1) is 5.69 Å². The molecule has 4 N–H and O–H groups in total. The number of aromatic nitrogens is 1. The molecule has 0 spiro atoms. The summed E-state index contributed by atoms with van der Waals surface area (Å²) in [5, 5.41) is 23.8. The Bertz CT molecular complexity index is 687. The molecule has 0 saturated heterocycles. The largest absolute Gasteiger partial charge is 0.363 e. The van der Waals surface area contributed by atoms with Crippen LogP contribution in [-0.2, 0) is 10.2 Å². The molecular weight excluding hydrogens is 268 g/mol. The van der Waals surface area contributed by atoms with Crippen molar-refractivity contribution < 1.29 is 18.6 Å². The van der Waals surface area contributed by atoms with Gasteiger partial charge < -0.3 is 10.2 Å². The van der Waals surface area contributed by atoms with Gasteiger partial charge in [-0.05, 0) is 18.6 Å². The summed E-state index contributed by atoms with van der Waals surface area (Å²) in [6.45, 7) is 1.92. The fourth-order valence-electron chi connectivity index (χ4n) is 1.88. The van der Waals surface area contributed by atoms with Crippen LogP contribution in [0.1, 0.15) is 17.5 Å². The normalized spacial score (nSPS) is 12.1. The standard InChI is InChI=1S/C12H14N2O4S/c1-8-2-4-9(5-3-8)10-6-7-14(19(13,17)18)11(10)12(15)16/h2-7,12,15-16H,1H3,(H2,13,17,18). The highest BCUT2D eigenvalue weighted by atomic mass is 32.2. The first kappa shape index (κ1) is 13.8. The van der Waals surface area contributed by atoms with Crippen LogP contribution >= 0.6 is 0 Å². The molecule has 1 heterocycles. The lowest BCUT2D eigenvalue weighted by Crippen LogP contribution is -2.24. The van der Waals surface area contributed by atoms with E-state index < -0.39 is 16.5 Å². The molecule has 0 amide bonds. The molecule has 0 fully saturated rings. The number of hydrogen-bond acceptors (Lipinski definition) is 4. The van der Waals surface area contributed by atoms with Crippen molar-refractivity contribution in [1.82, 2.24) is 3.97 Å². The Kier molecular flexibility index (Phi) is 3.46. The summed E-state index contributed by atoms with van der Waals surface area (Å²) >= 11 is 0. The van der Waals surface area contributed by atoms with Crippen LogP contribution in [0.15, 0.2) is 36.5 Å². The van der Waals surface area contributed by atoms with Gasteiger partial charge in [0.25, 0.3) is 0 Å². The molecule has 6 nitrogen and oxygen atoms in total. The van der Waals surface area contributed by atoms with Crippen molar-refractivity contribution in [1.29, 1.82) is 0 Å². The molecule has 7 heteroatoms. The van der Waals surface area contributed by atoms with Gasteiger partial charge in [0, 0.05) is 11.8 Å². The Hall–Kier alpha value is -1.67. The lowest BCUT2D eigenvalue weighted by molar-refractivity contribution is -0.0458. The van der Waals surface area contributed by atoms with Crippen LogP contribution in [0.4, 0.5) is 0 Å². The van der Waals surface area contributed by atoms with E-state index in [1.54, 1.807) is 12.1 Å². The van der Waals surface area contributed by atoms with Gasteiger partial charge in [-0.15, -0.1) is 0 Å². The average molecular weight is 282 g/mol. The Labute approximate surface area is 110 Å². The summed E-state index contributed by atoms with van der Waals surface area (Å²) in [5.41, 5.74) is 1.95. The van der Waals surface area contributed by atoms with E-state index in [2.05, 4.69) is 0 Å². The van der Waals surface area contributed by atoms with Crippen molar-refractivity contribution in [2.24, 2.45) is 5.14 Å². The van der Waals surface area contributed by atoms with Crippen molar-refractivity contribution in [3.05, 3.63) is 47.8 Å². The van der Waals surface area contributed by atoms with Crippen molar-refractivity contribution in [2.45, 2.75) is 13.2 Å². The smallest absolute Gasteiger partial charge is 0.302 e. The van der Waals surface area contributed by atoms with Crippen LogP contribution < -0.4 is 5.14 Å². The number of nitrogens with two attached hydrogens (primary N) is 1. The Morgan fingerprint density at radius 2 is 1.74 bits per heavy atom. The molecule has 0 aliphatic carbocycles. The second-order valence-electron chi connectivity index (χ2n) is 4.20. The SMILES string of the molecule is Cc1ccc(-c2ccn(S(N)(=O)=O)c2C(O)O)cc1. The van der Waals surface area contributed by atoms with Gasteiger partial charge in [0.2, 0.25) is 0 Å². The summed E-state index contributed by atoms with van der Waals surface area (Å²) in [6, 6.07) is 8.70. The zero-order valence-electron chi connectivity index (χ0n) is 10.2. The Morgan fingerprint density at radius 3 is 2.21 bits per heavy atom. The van der Waals surface area contributed by atoms with E-state index in [0.717, 1.165) is 5.56 Å². The predicted molar refractivity (Wildman–Crippen MR) is 70.3 cm³/mol. The van der Waals surface area contributed by atoms with Gasteiger partial charge in [-0.25, -0.2) is 9.11 Å². The predicted octanol–water partition coefficient (Wildman–Crippen LogP) is 0.498. The summed E-state index contributed by atoms with van der Waals surface area (Å²) < 4.78 is 23.4. The van der Waals surface area contributed by atoms with E-state index in [4.69, 9.17) is 5.14 Å². The minimum atomic E-state index is -4.08.